The van der Waals surface area contributed by atoms with Crippen LogP contribution in [-0.4, -0.2) is 43.8 Å². The average molecular weight is 261 g/mol. The van der Waals surface area contributed by atoms with E-state index in [2.05, 4.69) is 57.4 Å². The number of hydrogen-bond donors (Lipinski definition) is 2. The van der Waals surface area contributed by atoms with Crippen LogP contribution in [0.2, 0.25) is 39.3 Å². The summed E-state index contributed by atoms with van der Waals surface area (Å²) in [6.07, 6.45) is 0. The zero-order valence-electron chi connectivity index (χ0n) is 12.1. The molecule has 0 saturated carbocycles. The maximum absolute atomic E-state index is 9.64. The lowest BCUT2D eigenvalue weighted by Crippen LogP contribution is -2.68. The standard InChI is InChI=1S/C10H28BNO2Si2/c1-9(2)10(11(13)14)12(15(3,4)5)16(6,7)8/h9-10,13-14H,1-8H3/t10-/m0/s1. The molecule has 0 spiro atoms. The second-order valence-corrected chi connectivity index (χ2v) is 17.0. The predicted molar refractivity (Wildman–Crippen MR) is 77.3 cm³/mol. The molecule has 6 heteroatoms. The van der Waals surface area contributed by atoms with Gasteiger partial charge >= 0.3 is 7.12 Å². The summed E-state index contributed by atoms with van der Waals surface area (Å²) in [5, 5.41) is 19.3. The third-order valence-corrected chi connectivity index (χ3v) is 10.2. The molecule has 0 rings (SSSR count). The fourth-order valence-electron chi connectivity index (χ4n) is 2.68. The third kappa shape index (κ3) is 4.33. The van der Waals surface area contributed by atoms with Gasteiger partial charge in [0, 0.05) is 5.94 Å². The first-order valence-electron chi connectivity index (χ1n) is 6.04. The highest BCUT2D eigenvalue weighted by Gasteiger charge is 2.44. The molecule has 0 aromatic rings. The Kier molecular flexibility index (Phi) is 5.48. The molecule has 0 saturated heterocycles. The van der Waals surface area contributed by atoms with Gasteiger partial charge in [-0.3, -0.25) is 0 Å². The van der Waals surface area contributed by atoms with E-state index in [-0.39, 0.29) is 11.9 Å². The first-order chi connectivity index (χ1) is 6.89. The van der Waals surface area contributed by atoms with Gasteiger partial charge in [-0.05, 0) is 5.92 Å². The molecule has 0 unspecified atom stereocenters. The normalized spacial score (nSPS) is 15.8. The quantitative estimate of drug-likeness (QED) is 0.744. The monoisotopic (exact) mass is 261 g/mol. The summed E-state index contributed by atoms with van der Waals surface area (Å²) in [5.74, 6) is 0.136. The van der Waals surface area contributed by atoms with Gasteiger partial charge in [0.15, 0.2) is 0 Å². The van der Waals surface area contributed by atoms with E-state index >= 15 is 0 Å². The predicted octanol–water partition coefficient (Wildman–Crippen LogP) is 1.99. The second kappa shape index (κ2) is 5.35. The maximum atomic E-state index is 9.64. The van der Waals surface area contributed by atoms with Gasteiger partial charge in [-0.25, -0.2) is 0 Å². The third-order valence-electron chi connectivity index (χ3n) is 2.73. The molecule has 0 radical (unpaired) electrons. The van der Waals surface area contributed by atoms with Crippen molar-refractivity contribution in [2.24, 2.45) is 5.92 Å². The van der Waals surface area contributed by atoms with E-state index in [0.717, 1.165) is 0 Å². The Morgan fingerprint density at radius 3 is 1.25 bits per heavy atom. The summed E-state index contributed by atoms with van der Waals surface area (Å²) in [4.78, 5) is 0. The Balaban J connectivity index is 5.32. The molecule has 0 amide bonds. The van der Waals surface area contributed by atoms with Crippen LogP contribution in [0.4, 0.5) is 0 Å². The molecule has 0 bridgehead atoms. The van der Waals surface area contributed by atoms with Gasteiger partial charge < -0.3 is 14.3 Å². The molecular formula is C10H28BNO2Si2. The van der Waals surface area contributed by atoms with Crippen LogP contribution in [0.25, 0.3) is 0 Å². The largest absolute Gasteiger partial charge is 0.468 e. The van der Waals surface area contributed by atoms with Crippen LogP contribution in [0.1, 0.15) is 13.8 Å². The highest BCUT2D eigenvalue weighted by molar-refractivity contribution is 6.90. The number of rotatable bonds is 5. The van der Waals surface area contributed by atoms with Crippen LogP contribution in [0, 0.1) is 5.92 Å². The van der Waals surface area contributed by atoms with Crippen LogP contribution in [0.15, 0.2) is 0 Å². The molecule has 2 N–H and O–H groups in total. The zero-order valence-corrected chi connectivity index (χ0v) is 14.1. The van der Waals surface area contributed by atoms with Crippen molar-refractivity contribution in [2.45, 2.75) is 59.1 Å². The van der Waals surface area contributed by atoms with Crippen molar-refractivity contribution >= 4 is 23.6 Å². The lowest BCUT2D eigenvalue weighted by molar-refractivity contribution is 0.311. The molecule has 0 fully saturated rings. The summed E-state index contributed by atoms with van der Waals surface area (Å²) in [6.45, 7) is 17.8. The van der Waals surface area contributed by atoms with Gasteiger partial charge in [-0.1, -0.05) is 53.1 Å². The Hall–Kier alpha value is 0.379. The van der Waals surface area contributed by atoms with E-state index in [4.69, 9.17) is 0 Å². The Labute approximate surface area is 103 Å². The van der Waals surface area contributed by atoms with Gasteiger partial charge in [0.05, 0.1) is 0 Å². The van der Waals surface area contributed by atoms with E-state index < -0.39 is 23.6 Å². The van der Waals surface area contributed by atoms with Crippen molar-refractivity contribution in [3.8, 4) is 0 Å². The van der Waals surface area contributed by atoms with Crippen molar-refractivity contribution in [1.29, 1.82) is 0 Å². The molecule has 0 aromatic carbocycles. The van der Waals surface area contributed by atoms with Crippen molar-refractivity contribution in [1.82, 2.24) is 4.23 Å². The molecule has 0 aliphatic heterocycles. The first kappa shape index (κ1) is 16.4. The summed E-state index contributed by atoms with van der Waals surface area (Å²) in [5.41, 5.74) is 0. The van der Waals surface area contributed by atoms with Crippen molar-refractivity contribution < 1.29 is 10.0 Å². The minimum atomic E-state index is -1.54. The number of nitrogens with zero attached hydrogens (tertiary/aromatic N) is 1. The highest BCUT2D eigenvalue weighted by Crippen LogP contribution is 2.27. The van der Waals surface area contributed by atoms with Gasteiger partial charge in [-0.15, -0.1) is 0 Å². The van der Waals surface area contributed by atoms with Gasteiger partial charge in [0.2, 0.25) is 0 Å². The zero-order chi connectivity index (χ0) is 13.3. The number of hydrogen-bond acceptors (Lipinski definition) is 3. The van der Waals surface area contributed by atoms with Gasteiger partial charge in [-0.2, -0.15) is 0 Å². The molecule has 1 atom stereocenters. The molecule has 0 aromatic heterocycles. The van der Waals surface area contributed by atoms with Gasteiger partial charge in [0.1, 0.15) is 16.5 Å². The molecule has 0 heterocycles. The van der Waals surface area contributed by atoms with Crippen LogP contribution in [-0.2, 0) is 0 Å². The van der Waals surface area contributed by atoms with Crippen LogP contribution < -0.4 is 0 Å². The molecule has 16 heavy (non-hydrogen) atoms. The first-order valence-corrected chi connectivity index (χ1v) is 12.9. The average Bonchev–Trinajstić information content (AvgIpc) is 1.93. The molecule has 3 nitrogen and oxygen atoms in total. The van der Waals surface area contributed by atoms with E-state index in [0.29, 0.717) is 0 Å². The fraction of sp³-hybridized carbons (Fsp3) is 1.00. The van der Waals surface area contributed by atoms with Gasteiger partial charge in [0.25, 0.3) is 0 Å². The maximum Gasteiger partial charge on any atom is 0.468 e. The summed E-state index contributed by atoms with van der Waals surface area (Å²) >= 11 is 0. The smallest absolute Gasteiger partial charge is 0.426 e. The van der Waals surface area contributed by atoms with Crippen LogP contribution >= 0.6 is 0 Å². The highest BCUT2D eigenvalue weighted by atomic mass is 28.4. The SMILES string of the molecule is CC(C)[C@@H](B(O)O)N([Si](C)(C)C)[Si](C)(C)C. The molecule has 0 aliphatic rings. The topological polar surface area (TPSA) is 43.7 Å². The summed E-state index contributed by atoms with van der Waals surface area (Å²) in [6, 6.07) is 0. The summed E-state index contributed by atoms with van der Waals surface area (Å²) < 4.78 is 2.47. The van der Waals surface area contributed by atoms with E-state index in [1.165, 1.54) is 0 Å². The molecule has 96 valence electrons. The Morgan fingerprint density at radius 1 is 0.875 bits per heavy atom. The fourth-order valence-corrected chi connectivity index (χ4v) is 13.4. The van der Waals surface area contributed by atoms with E-state index in [1.54, 1.807) is 0 Å². The van der Waals surface area contributed by atoms with Crippen LogP contribution in [0.5, 0.6) is 0 Å². The minimum Gasteiger partial charge on any atom is -0.426 e. The van der Waals surface area contributed by atoms with Crippen molar-refractivity contribution in [3.05, 3.63) is 0 Å². The summed E-state index contributed by atoms with van der Waals surface area (Å²) in [7, 11) is -4.31. The second-order valence-electron chi connectivity index (χ2n) is 6.86. The Bertz CT molecular complexity index is 202. The van der Waals surface area contributed by atoms with E-state index in [1.807, 2.05) is 0 Å². The lowest BCUT2D eigenvalue weighted by Gasteiger charge is -2.50. The minimum absolute atomic E-state index is 0.127. The lowest BCUT2D eigenvalue weighted by atomic mass is 9.74. The van der Waals surface area contributed by atoms with Crippen molar-refractivity contribution in [3.63, 3.8) is 0 Å². The van der Waals surface area contributed by atoms with Crippen molar-refractivity contribution in [2.75, 3.05) is 0 Å². The molecule has 0 aliphatic carbocycles. The van der Waals surface area contributed by atoms with Crippen LogP contribution in [0.3, 0.4) is 0 Å². The molecular weight excluding hydrogens is 233 g/mol. The van der Waals surface area contributed by atoms with E-state index in [9.17, 15) is 10.0 Å². The Morgan fingerprint density at radius 2 is 1.19 bits per heavy atom.